The molecule has 0 spiro atoms. The Bertz CT molecular complexity index is 506. The fourth-order valence-corrected chi connectivity index (χ4v) is 5.65. The average Bonchev–Trinajstić information content (AvgIpc) is 2.75. The Hall–Kier alpha value is 0.0500. The molecule has 0 saturated heterocycles. The molecular weight excluding hydrogens is 338 g/mol. The van der Waals surface area contributed by atoms with Gasteiger partial charge in [-0.25, -0.2) is 13.1 Å². The lowest BCUT2D eigenvalue weighted by Crippen LogP contribution is -2.44. The van der Waals surface area contributed by atoms with Crippen LogP contribution in [0.4, 0.5) is 0 Å². The van der Waals surface area contributed by atoms with Crippen LogP contribution in [0.25, 0.3) is 0 Å². The standard InChI is InChI=1S/C11H16BrNO3S2/c12-9-4-7-17-10(9)18(15,16)13-8-11(14)5-2-1-3-6-11/h4,7,13-14H,1-3,5-6,8H2. The van der Waals surface area contributed by atoms with Crippen LogP contribution in [0, 0.1) is 0 Å². The number of sulfonamides is 1. The van der Waals surface area contributed by atoms with Crippen LogP contribution in [0.5, 0.6) is 0 Å². The Morgan fingerprint density at radius 3 is 2.61 bits per heavy atom. The summed E-state index contributed by atoms with van der Waals surface area (Å²) in [5.74, 6) is 0. The van der Waals surface area contributed by atoms with Crippen molar-refractivity contribution in [2.45, 2.75) is 41.9 Å². The maximum atomic E-state index is 12.1. The molecule has 0 bridgehead atoms. The van der Waals surface area contributed by atoms with E-state index >= 15 is 0 Å². The van der Waals surface area contributed by atoms with Crippen molar-refractivity contribution >= 4 is 37.3 Å². The van der Waals surface area contributed by atoms with E-state index in [1.807, 2.05) is 0 Å². The Labute approximate surface area is 120 Å². The second-order valence-electron chi connectivity index (χ2n) is 4.67. The second kappa shape index (κ2) is 5.58. The van der Waals surface area contributed by atoms with Crippen molar-refractivity contribution in [3.63, 3.8) is 0 Å². The van der Waals surface area contributed by atoms with Crippen LogP contribution in [0.2, 0.25) is 0 Å². The van der Waals surface area contributed by atoms with Crippen LogP contribution in [-0.2, 0) is 10.0 Å². The Morgan fingerprint density at radius 2 is 2.06 bits per heavy atom. The van der Waals surface area contributed by atoms with Crippen LogP contribution in [0.3, 0.4) is 0 Å². The third-order valence-electron chi connectivity index (χ3n) is 3.20. The largest absolute Gasteiger partial charge is 0.389 e. The lowest BCUT2D eigenvalue weighted by molar-refractivity contribution is 0.00946. The molecule has 102 valence electrons. The van der Waals surface area contributed by atoms with Crippen LogP contribution in [-0.4, -0.2) is 25.7 Å². The summed E-state index contributed by atoms with van der Waals surface area (Å²) in [4.78, 5) is 0. The van der Waals surface area contributed by atoms with Crippen LogP contribution < -0.4 is 4.72 Å². The minimum absolute atomic E-state index is 0.0969. The van der Waals surface area contributed by atoms with Crippen molar-refractivity contribution < 1.29 is 13.5 Å². The minimum atomic E-state index is -3.52. The van der Waals surface area contributed by atoms with Gasteiger partial charge in [0.1, 0.15) is 4.21 Å². The van der Waals surface area contributed by atoms with Crippen LogP contribution in [0.1, 0.15) is 32.1 Å². The molecule has 2 N–H and O–H groups in total. The predicted octanol–water partition coefficient (Wildman–Crippen LogP) is 2.48. The van der Waals surface area contributed by atoms with Crippen molar-refractivity contribution in [1.82, 2.24) is 4.72 Å². The number of rotatable bonds is 4. The fourth-order valence-electron chi connectivity index (χ4n) is 2.15. The van der Waals surface area contributed by atoms with E-state index in [4.69, 9.17) is 0 Å². The molecule has 18 heavy (non-hydrogen) atoms. The van der Waals surface area contributed by atoms with E-state index in [1.54, 1.807) is 11.4 Å². The van der Waals surface area contributed by atoms with Gasteiger partial charge >= 0.3 is 0 Å². The molecule has 1 aliphatic carbocycles. The molecule has 0 aliphatic heterocycles. The third-order valence-corrected chi connectivity index (χ3v) is 7.28. The first-order chi connectivity index (χ1) is 8.43. The number of aliphatic hydroxyl groups is 1. The van der Waals surface area contributed by atoms with E-state index in [1.165, 1.54) is 0 Å². The molecule has 2 rings (SSSR count). The van der Waals surface area contributed by atoms with Gasteiger partial charge in [0.2, 0.25) is 0 Å². The summed E-state index contributed by atoms with van der Waals surface area (Å²) in [6, 6.07) is 1.70. The molecule has 1 saturated carbocycles. The summed E-state index contributed by atoms with van der Waals surface area (Å²) < 4.78 is 27.5. The fraction of sp³-hybridized carbons (Fsp3) is 0.636. The Balaban J connectivity index is 2.03. The van der Waals surface area contributed by atoms with Gasteiger partial charge in [0, 0.05) is 11.0 Å². The van der Waals surface area contributed by atoms with Crippen molar-refractivity contribution in [2.75, 3.05) is 6.54 Å². The molecule has 1 aliphatic rings. The minimum Gasteiger partial charge on any atom is -0.389 e. The van der Waals surface area contributed by atoms with Crippen LogP contribution >= 0.6 is 27.3 Å². The summed E-state index contributed by atoms with van der Waals surface area (Å²) in [6.07, 6.45) is 4.37. The van der Waals surface area contributed by atoms with Gasteiger partial charge in [-0.15, -0.1) is 11.3 Å². The van der Waals surface area contributed by atoms with Gasteiger partial charge in [-0.05, 0) is 40.2 Å². The van der Waals surface area contributed by atoms with Crippen LogP contribution in [0.15, 0.2) is 20.1 Å². The van der Waals surface area contributed by atoms with Gasteiger partial charge in [0.05, 0.1) is 5.60 Å². The van der Waals surface area contributed by atoms with Gasteiger partial charge in [0.15, 0.2) is 0 Å². The number of halogens is 1. The van der Waals surface area contributed by atoms with E-state index in [9.17, 15) is 13.5 Å². The summed E-state index contributed by atoms with van der Waals surface area (Å²) >= 11 is 4.37. The van der Waals surface area contributed by atoms with Gasteiger partial charge in [-0.1, -0.05) is 19.3 Å². The smallest absolute Gasteiger partial charge is 0.251 e. The molecule has 4 nitrogen and oxygen atoms in total. The first kappa shape index (κ1) is 14.5. The van der Waals surface area contributed by atoms with E-state index in [-0.39, 0.29) is 10.8 Å². The molecule has 1 aromatic heterocycles. The monoisotopic (exact) mass is 353 g/mol. The SMILES string of the molecule is O=S(=O)(NCC1(O)CCCCC1)c1sccc1Br. The lowest BCUT2D eigenvalue weighted by Gasteiger charge is -2.31. The summed E-state index contributed by atoms with van der Waals surface area (Å²) in [7, 11) is -3.52. The quantitative estimate of drug-likeness (QED) is 0.873. The average molecular weight is 354 g/mol. The molecule has 0 radical (unpaired) electrons. The Kier molecular flexibility index (Phi) is 4.48. The summed E-state index contributed by atoms with van der Waals surface area (Å²) in [6.45, 7) is 0.0969. The molecule has 0 aromatic carbocycles. The first-order valence-corrected chi connectivity index (χ1v) is 9.04. The van der Waals surface area contributed by atoms with Crippen molar-refractivity contribution in [3.05, 3.63) is 15.9 Å². The molecule has 1 aromatic rings. The highest BCUT2D eigenvalue weighted by molar-refractivity contribution is 9.10. The van der Waals surface area contributed by atoms with Crippen molar-refractivity contribution in [1.29, 1.82) is 0 Å². The van der Waals surface area contributed by atoms with Gasteiger partial charge in [0.25, 0.3) is 10.0 Å². The second-order valence-corrected chi connectivity index (χ2v) is 8.40. The molecule has 0 unspecified atom stereocenters. The lowest BCUT2D eigenvalue weighted by atomic mass is 9.85. The van der Waals surface area contributed by atoms with E-state index < -0.39 is 15.6 Å². The van der Waals surface area contributed by atoms with E-state index in [0.717, 1.165) is 30.6 Å². The van der Waals surface area contributed by atoms with E-state index in [2.05, 4.69) is 20.7 Å². The highest BCUT2D eigenvalue weighted by atomic mass is 79.9. The van der Waals surface area contributed by atoms with Gasteiger partial charge in [-0.2, -0.15) is 0 Å². The third kappa shape index (κ3) is 3.33. The topological polar surface area (TPSA) is 66.4 Å². The maximum Gasteiger partial charge on any atom is 0.251 e. The predicted molar refractivity (Wildman–Crippen MR) is 75.2 cm³/mol. The molecule has 0 amide bonds. The number of nitrogens with one attached hydrogen (secondary N) is 1. The molecule has 7 heteroatoms. The zero-order valence-corrected chi connectivity index (χ0v) is 13.1. The summed E-state index contributed by atoms with van der Waals surface area (Å²) in [5.41, 5.74) is -0.880. The highest BCUT2D eigenvalue weighted by Crippen LogP contribution is 2.30. The van der Waals surface area contributed by atoms with Crippen molar-refractivity contribution in [2.24, 2.45) is 0 Å². The normalized spacial score (nSPS) is 19.9. The number of hydrogen-bond acceptors (Lipinski definition) is 4. The molecular formula is C11H16BrNO3S2. The van der Waals surface area contributed by atoms with Gasteiger partial charge < -0.3 is 5.11 Å². The highest BCUT2D eigenvalue weighted by Gasteiger charge is 2.31. The molecule has 1 fully saturated rings. The number of hydrogen-bond donors (Lipinski definition) is 2. The number of thiophene rings is 1. The van der Waals surface area contributed by atoms with Gasteiger partial charge in [-0.3, -0.25) is 0 Å². The Morgan fingerprint density at radius 1 is 1.39 bits per heavy atom. The maximum absolute atomic E-state index is 12.1. The zero-order chi connectivity index (χ0) is 13.2. The first-order valence-electron chi connectivity index (χ1n) is 5.88. The summed E-state index contributed by atoms with van der Waals surface area (Å²) in [5, 5.41) is 12.0. The molecule has 1 heterocycles. The van der Waals surface area contributed by atoms with E-state index in [0.29, 0.717) is 17.3 Å². The molecule has 0 atom stereocenters. The zero-order valence-electron chi connectivity index (χ0n) is 9.86. The van der Waals surface area contributed by atoms with Crippen molar-refractivity contribution in [3.8, 4) is 0 Å².